The molecule has 0 heterocycles. The smallest absolute Gasteiger partial charge is 0.338 e. The van der Waals surface area contributed by atoms with E-state index in [2.05, 4.69) is 6.92 Å². The molecule has 0 saturated carbocycles. The van der Waals surface area contributed by atoms with E-state index in [0.717, 1.165) is 19.3 Å². The minimum atomic E-state index is -0.386. The van der Waals surface area contributed by atoms with E-state index >= 15 is 0 Å². The summed E-state index contributed by atoms with van der Waals surface area (Å²) in [6.07, 6.45) is 2.85. The molecule has 0 fully saturated rings. The van der Waals surface area contributed by atoms with Crippen LogP contribution in [0.3, 0.4) is 0 Å². The maximum absolute atomic E-state index is 11.7. The summed E-state index contributed by atoms with van der Waals surface area (Å²) in [5, 5.41) is 0. The van der Waals surface area contributed by atoms with Gasteiger partial charge in [0.2, 0.25) is 0 Å². The van der Waals surface area contributed by atoms with Crippen molar-refractivity contribution in [2.24, 2.45) is 0 Å². The Morgan fingerprint density at radius 3 is 2.05 bits per heavy atom. The van der Waals surface area contributed by atoms with Crippen LogP contribution >= 0.6 is 0 Å². The highest BCUT2D eigenvalue weighted by Gasteiger charge is 2.11. The van der Waals surface area contributed by atoms with Gasteiger partial charge in [-0.25, -0.2) is 9.59 Å². The molecule has 0 spiro atoms. The van der Waals surface area contributed by atoms with Gasteiger partial charge in [-0.2, -0.15) is 0 Å². The fourth-order valence-electron chi connectivity index (χ4n) is 1.62. The molecule has 0 N–H and O–H groups in total. The summed E-state index contributed by atoms with van der Waals surface area (Å²) >= 11 is 0. The molecule has 0 atom stereocenters. The van der Waals surface area contributed by atoms with Gasteiger partial charge in [-0.3, -0.25) is 0 Å². The summed E-state index contributed by atoms with van der Waals surface area (Å²) in [5.41, 5.74) is 0.879. The van der Waals surface area contributed by atoms with E-state index < -0.39 is 0 Å². The molecule has 0 aliphatic heterocycles. The van der Waals surface area contributed by atoms with E-state index in [1.165, 1.54) is 0 Å². The van der Waals surface area contributed by atoms with Crippen LogP contribution in [0.4, 0.5) is 0 Å². The average molecular weight is 278 g/mol. The van der Waals surface area contributed by atoms with Crippen LogP contribution in [0.1, 0.15) is 60.7 Å². The lowest BCUT2D eigenvalue weighted by molar-refractivity contribution is 0.0376. The minimum absolute atomic E-state index is 0.161. The lowest BCUT2D eigenvalue weighted by atomic mass is 10.1. The highest BCUT2D eigenvalue weighted by Crippen LogP contribution is 2.09. The molecule has 0 unspecified atom stereocenters. The fraction of sp³-hybridized carbons (Fsp3) is 0.500. The molecule has 0 aliphatic rings. The van der Waals surface area contributed by atoms with Crippen molar-refractivity contribution in [3.05, 3.63) is 35.4 Å². The summed E-state index contributed by atoms with van der Waals surface area (Å²) in [4.78, 5) is 23.4. The van der Waals surface area contributed by atoms with Crippen molar-refractivity contribution < 1.29 is 19.1 Å². The van der Waals surface area contributed by atoms with Crippen LogP contribution in [0.25, 0.3) is 0 Å². The molecule has 0 amide bonds. The van der Waals surface area contributed by atoms with Crippen LogP contribution in [-0.4, -0.2) is 24.6 Å². The minimum Gasteiger partial charge on any atom is -0.462 e. The molecule has 1 aromatic carbocycles. The van der Waals surface area contributed by atoms with Gasteiger partial charge in [-0.15, -0.1) is 0 Å². The molecule has 4 nitrogen and oxygen atoms in total. The summed E-state index contributed by atoms with van der Waals surface area (Å²) in [5.74, 6) is -0.743. The van der Waals surface area contributed by atoms with Crippen LogP contribution < -0.4 is 0 Å². The third kappa shape index (κ3) is 5.43. The van der Waals surface area contributed by atoms with E-state index in [1.54, 1.807) is 38.1 Å². The van der Waals surface area contributed by atoms with Crippen LogP contribution in [-0.2, 0) is 9.47 Å². The Bertz CT molecular complexity index is 434. The molecule has 0 bridgehead atoms. The van der Waals surface area contributed by atoms with Gasteiger partial charge in [0, 0.05) is 0 Å². The Morgan fingerprint density at radius 1 is 1.00 bits per heavy atom. The maximum Gasteiger partial charge on any atom is 0.338 e. The van der Waals surface area contributed by atoms with Crippen molar-refractivity contribution in [3.63, 3.8) is 0 Å². The van der Waals surface area contributed by atoms with E-state index in [9.17, 15) is 9.59 Å². The molecular weight excluding hydrogens is 256 g/mol. The molecule has 1 rings (SSSR count). The first-order valence-corrected chi connectivity index (χ1v) is 7.02. The number of benzene rings is 1. The van der Waals surface area contributed by atoms with Gasteiger partial charge in [0.25, 0.3) is 0 Å². The largest absolute Gasteiger partial charge is 0.462 e. The number of rotatable bonds is 7. The lowest BCUT2D eigenvalue weighted by Gasteiger charge is -2.08. The van der Waals surface area contributed by atoms with E-state index in [1.807, 2.05) is 0 Å². The predicted molar refractivity (Wildman–Crippen MR) is 76.8 cm³/mol. The normalized spacial score (nSPS) is 10.4. The number of hydrogen-bond acceptors (Lipinski definition) is 4. The van der Waals surface area contributed by atoms with Gasteiger partial charge in [0.05, 0.1) is 23.8 Å². The van der Waals surface area contributed by atoms with Crippen LogP contribution in [0, 0.1) is 0 Å². The Kier molecular flexibility index (Phi) is 6.77. The molecule has 0 saturated heterocycles. The Labute approximate surface area is 120 Å². The van der Waals surface area contributed by atoms with E-state index in [0.29, 0.717) is 17.7 Å². The molecule has 1 aromatic rings. The predicted octanol–water partition coefficient (Wildman–Crippen LogP) is 3.60. The van der Waals surface area contributed by atoms with Crippen molar-refractivity contribution in [2.45, 2.75) is 46.1 Å². The molecule has 4 heteroatoms. The van der Waals surface area contributed by atoms with Gasteiger partial charge >= 0.3 is 11.9 Å². The van der Waals surface area contributed by atoms with Crippen molar-refractivity contribution in [3.8, 4) is 0 Å². The first-order valence-electron chi connectivity index (χ1n) is 7.02. The first-order chi connectivity index (χ1) is 9.54. The second-order valence-corrected chi connectivity index (χ2v) is 4.87. The van der Waals surface area contributed by atoms with Crippen molar-refractivity contribution >= 4 is 11.9 Å². The van der Waals surface area contributed by atoms with Gasteiger partial charge < -0.3 is 9.47 Å². The number of hydrogen-bond donors (Lipinski definition) is 0. The molecule has 20 heavy (non-hydrogen) atoms. The van der Waals surface area contributed by atoms with Gasteiger partial charge in [0.1, 0.15) is 0 Å². The summed E-state index contributed by atoms with van der Waals surface area (Å²) in [6, 6.07) is 6.32. The maximum atomic E-state index is 11.7. The third-order valence-electron chi connectivity index (χ3n) is 2.68. The average Bonchev–Trinajstić information content (AvgIpc) is 2.43. The Balaban J connectivity index is 2.53. The van der Waals surface area contributed by atoms with Gasteiger partial charge in [-0.05, 0) is 44.5 Å². The number of esters is 2. The van der Waals surface area contributed by atoms with E-state index in [-0.39, 0.29) is 18.0 Å². The molecular formula is C16H22O4. The third-order valence-corrected chi connectivity index (χ3v) is 2.68. The fourth-order valence-corrected chi connectivity index (χ4v) is 1.62. The van der Waals surface area contributed by atoms with Crippen molar-refractivity contribution in [1.29, 1.82) is 0 Å². The lowest BCUT2D eigenvalue weighted by Crippen LogP contribution is -2.12. The Morgan fingerprint density at radius 2 is 1.55 bits per heavy atom. The molecule has 0 aliphatic carbocycles. The number of carbonyl (C=O) groups is 2. The standard InChI is InChI=1S/C16H22O4/c1-4-5-6-11-19-15(17)13-7-9-14(10-8-13)16(18)20-12(2)3/h7-10,12H,4-6,11H2,1-3H3. The topological polar surface area (TPSA) is 52.6 Å². The van der Waals surface area contributed by atoms with Gasteiger partial charge in [0.15, 0.2) is 0 Å². The number of unbranched alkanes of at least 4 members (excludes halogenated alkanes) is 2. The monoisotopic (exact) mass is 278 g/mol. The van der Waals surface area contributed by atoms with Crippen molar-refractivity contribution in [2.75, 3.05) is 6.61 Å². The number of carbonyl (C=O) groups excluding carboxylic acids is 2. The highest BCUT2D eigenvalue weighted by molar-refractivity contribution is 5.93. The zero-order chi connectivity index (χ0) is 15.0. The van der Waals surface area contributed by atoms with Crippen molar-refractivity contribution in [1.82, 2.24) is 0 Å². The highest BCUT2D eigenvalue weighted by atomic mass is 16.5. The molecule has 0 aromatic heterocycles. The van der Waals surface area contributed by atoms with E-state index in [4.69, 9.17) is 9.47 Å². The Hall–Kier alpha value is -1.84. The summed E-state index contributed by atoms with van der Waals surface area (Å²) in [7, 11) is 0. The zero-order valence-electron chi connectivity index (χ0n) is 12.3. The van der Waals surface area contributed by atoms with Crippen LogP contribution in [0.15, 0.2) is 24.3 Å². The van der Waals surface area contributed by atoms with Crippen LogP contribution in [0.2, 0.25) is 0 Å². The number of ether oxygens (including phenoxy) is 2. The summed E-state index contributed by atoms with van der Waals surface area (Å²) in [6.45, 7) is 6.11. The molecule has 110 valence electrons. The summed E-state index contributed by atoms with van der Waals surface area (Å²) < 4.78 is 10.2. The second kappa shape index (κ2) is 8.35. The van der Waals surface area contributed by atoms with Crippen LogP contribution in [0.5, 0.6) is 0 Å². The quantitative estimate of drug-likeness (QED) is 0.565. The SMILES string of the molecule is CCCCCOC(=O)c1ccc(C(=O)OC(C)C)cc1. The zero-order valence-corrected chi connectivity index (χ0v) is 12.3. The second-order valence-electron chi connectivity index (χ2n) is 4.87. The first kappa shape index (κ1) is 16.2. The molecule has 0 radical (unpaired) electrons. The van der Waals surface area contributed by atoms with Gasteiger partial charge in [-0.1, -0.05) is 19.8 Å².